The van der Waals surface area contributed by atoms with Gasteiger partial charge in [-0.15, -0.1) is 0 Å². The molecule has 0 amide bonds. The Kier molecular flexibility index (Phi) is 9.81. The van der Waals surface area contributed by atoms with Crippen LogP contribution < -0.4 is 21.3 Å². The fraction of sp³-hybridized carbons (Fsp3) is 0.333. The molecule has 0 bridgehead atoms. The van der Waals surface area contributed by atoms with Gasteiger partial charge < -0.3 is 29.7 Å². The predicted octanol–water partition coefficient (Wildman–Crippen LogP) is 5.08. The van der Waals surface area contributed by atoms with Crippen LogP contribution in [0.2, 0.25) is 0 Å². The van der Waals surface area contributed by atoms with Gasteiger partial charge in [-0.2, -0.15) is 9.78 Å². The Labute approximate surface area is 279 Å². The lowest BCUT2D eigenvalue weighted by Gasteiger charge is -2.45. The van der Waals surface area contributed by atoms with Gasteiger partial charge in [-0.3, -0.25) is 9.59 Å². The molecule has 0 unspecified atom stereocenters. The number of aliphatic hydroxyl groups excluding tert-OH is 1. The molecule has 1 aliphatic heterocycles. The summed E-state index contributed by atoms with van der Waals surface area (Å²) in [6.07, 6.45) is 8.20. The average molecular weight is 656 g/mol. The van der Waals surface area contributed by atoms with Crippen LogP contribution in [0.1, 0.15) is 37.5 Å². The maximum absolute atomic E-state index is 14.4. The van der Waals surface area contributed by atoms with Crippen LogP contribution in [0, 0.1) is 10.6 Å². The number of rotatable bonds is 9. The number of halogens is 1. The number of likely N-dealkylation sites (N-methyl/N-ethyl adjacent to an activating group) is 1. The van der Waals surface area contributed by atoms with E-state index in [-0.39, 0.29) is 26.9 Å². The molecule has 3 aromatic heterocycles. The van der Waals surface area contributed by atoms with Gasteiger partial charge in [0.15, 0.2) is 0 Å². The molecular weight excluding hydrogens is 613 g/mol. The highest BCUT2D eigenvalue weighted by molar-refractivity contribution is 5.74. The highest BCUT2D eigenvalue weighted by Crippen LogP contribution is 2.31. The molecule has 12 heteroatoms. The van der Waals surface area contributed by atoms with E-state index in [4.69, 9.17) is 0 Å². The smallest absolute Gasteiger partial charge is 0.277 e. The third kappa shape index (κ3) is 7.15. The minimum Gasteiger partial charge on any atom is -0.633 e. The fourth-order valence-electron chi connectivity index (χ4n) is 5.77. The number of hydrogen-bond acceptors (Lipinski definition) is 8. The summed E-state index contributed by atoms with van der Waals surface area (Å²) in [6.45, 7) is 10.7. The fourth-order valence-corrected chi connectivity index (χ4v) is 5.77. The Hall–Kier alpha value is -4.91. The zero-order chi connectivity index (χ0) is 34.8. The molecule has 0 radical (unpaired) electrons. The minimum atomic E-state index is -1.00. The number of aromatic nitrogens is 4. The van der Waals surface area contributed by atoms with E-state index in [0.717, 1.165) is 15.9 Å². The van der Waals surface area contributed by atoms with Gasteiger partial charge in [0.25, 0.3) is 11.1 Å². The second kappa shape index (κ2) is 13.7. The van der Waals surface area contributed by atoms with Gasteiger partial charge in [-0.05, 0) is 46.9 Å². The molecule has 0 spiro atoms. The first-order chi connectivity index (χ1) is 22.8. The van der Waals surface area contributed by atoms with Crippen LogP contribution in [0.5, 0.6) is 0 Å². The van der Waals surface area contributed by atoms with Crippen LogP contribution in [0.4, 0.5) is 21.6 Å². The van der Waals surface area contributed by atoms with E-state index in [0.29, 0.717) is 59.9 Å². The number of quaternary nitrogens is 1. The van der Waals surface area contributed by atoms with Crippen molar-refractivity contribution in [3.63, 3.8) is 0 Å². The van der Waals surface area contributed by atoms with Crippen molar-refractivity contribution in [2.24, 2.45) is 12.5 Å². The number of aliphatic hydroxyl groups is 1. The lowest BCUT2D eigenvalue weighted by molar-refractivity contribution is -0.861. The number of nitrogens with one attached hydrogen (secondary N) is 1. The molecule has 0 aliphatic carbocycles. The number of allylic oxidation sites excluding steroid dienone is 2. The Balaban J connectivity index is 1.50. The first-order valence-corrected chi connectivity index (χ1v) is 15.8. The molecule has 1 fully saturated rings. The van der Waals surface area contributed by atoms with Crippen molar-refractivity contribution >= 4 is 23.3 Å². The predicted molar refractivity (Wildman–Crippen MR) is 188 cm³/mol. The quantitative estimate of drug-likeness (QED) is 0.145. The molecule has 1 aromatic carbocycles. The summed E-state index contributed by atoms with van der Waals surface area (Å²) in [6, 6.07) is 10.5. The van der Waals surface area contributed by atoms with E-state index in [1.165, 1.54) is 10.8 Å². The van der Waals surface area contributed by atoms with Crippen LogP contribution in [0.15, 0.2) is 82.8 Å². The summed E-state index contributed by atoms with van der Waals surface area (Å²) in [5.41, 5.74) is 2.89. The highest BCUT2D eigenvalue weighted by Gasteiger charge is 2.23. The Bertz CT molecular complexity index is 1960. The molecule has 5 rings (SSSR count). The topological polar surface area (TPSA) is 128 Å². The summed E-state index contributed by atoms with van der Waals surface area (Å²) >= 11 is 0. The van der Waals surface area contributed by atoms with Gasteiger partial charge in [0.2, 0.25) is 0 Å². The van der Waals surface area contributed by atoms with Gasteiger partial charge >= 0.3 is 0 Å². The number of alkyl halides is 1. The van der Waals surface area contributed by atoms with Crippen LogP contribution in [-0.2, 0) is 20.3 Å². The number of nitrogens with zero attached hydrogens (tertiary/aromatic N) is 6. The first-order valence-electron chi connectivity index (χ1n) is 15.8. The van der Waals surface area contributed by atoms with Gasteiger partial charge in [-0.1, -0.05) is 45.6 Å². The van der Waals surface area contributed by atoms with Gasteiger partial charge in [0, 0.05) is 29.9 Å². The maximum Gasteiger partial charge on any atom is 0.277 e. The number of anilines is 3. The summed E-state index contributed by atoms with van der Waals surface area (Å²) < 4.78 is 16.6. The Morgan fingerprint density at radius 2 is 1.85 bits per heavy atom. The van der Waals surface area contributed by atoms with E-state index < -0.39 is 18.8 Å². The molecule has 4 heterocycles. The SMILES string of the molecule is C=C/C(=C\c1cnn(-c2cccc(-c3cc(Nc4ccc(N5CC[N+](C)([O-])CC5)cn4)c(=O)n(C)c3)c2CO)c(=O)c1CF)C(C)(C)C. The number of hydroxylamine groups is 3. The van der Waals surface area contributed by atoms with E-state index in [1.54, 1.807) is 69.0 Å². The van der Waals surface area contributed by atoms with Crippen molar-refractivity contribution in [3.8, 4) is 16.8 Å². The van der Waals surface area contributed by atoms with E-state index in [1.807, 2.05) is 26.8 Å². The van der Waals surface area contributed by atoms with Crippen LogP contribution >= 0.6 is 0 Å². The zero-order valence-corrected chi connectivity index (χ0v) is 28.0. The molecule has 0 atom stereocenters. The Morgan fingerprint density at radius 3 is 2.46 bits per heavy atom. The average Bonchev–Trinajstić information content (AvgIpc) is 3.05. The molecule has 252 valence electrons. The third-order valence-electron chi connectivity index (χ3n) is 8.74. The van der Waals surface area contributed by atoms with E-state index in [9.17, 15) is 24.3 Å². The lowest BCUT2D eigenvalue weighted by Crippen LogP contribution is -2.53. The number of pyridine rings is 2. The van der Waals surface area contributed by atoms with Gasteiger partial charge in [0.05, 0.1) is 69.2 Å². The second-order valence-electron chi connectivity index (χ2n) is 13.3. The van der Waals surface area contributed by atoms with Crippen LogP contribution in [0.3, 0.4) is 0 Å². The molecule has 0 saturated carbocycles. The minimum absolute atomic E-state index is 0.0571. The summed E-state index contributed by atoms with van der Waals surface area (Å²) in [7, 11) is 3.30. The van der Waals surface area contributed by atoms with Crippen molar-refractivity contribution in [3.05, 3.63) is 116 Å². The number of piperazine rings is 1. The zero-order valence-electron chi connectivity index (χ0n) is 28.0. The van der Waals surface area contributed by atoms with E-state index in [2.05, 4.69) is 26.9 Å². The molecule has 11 nitrogen and oxygen atoms in total. The Morgan fingerprint density at radius 1 is 1.12 bits per heavy atom. The first kappa shape index (κ1) is 34.4. The number of aryl methyl sites for hydroxylation is 1. The summed E-state index contributed by atoms with van der Waals surface area (Å²) in [5.74, 6) is 0.459. The number of hydrogen-bond donors (Lipinski definition) is 2. The molecule has 48 heavy (non-hydrogen) atoms. The molecule has 1 saturated heterocycles. The standard InChI is InChI=1S/C36H42FN7O4/c1-7-26(36(2,3)4)17-24-20-39-43(34(46)29(24)19-37)32-10-8-9-28(30(32)23-45)25-18-31(35(47)41(5)22-25)40-33-12-11-27(21-38-33)42-13-15-44(6,48)16-14-42/h7-12,17-18,20-22,45H,1,13-16,19,23H2,2-6H3,(H,38,40)/b26-17+. The monoisotopic (exact) mass is 655 g/mol. The third-order valence-corrected chi connectivity index (χ3v) is 8.74. The lowest BCUT2D eigenvalue weighted by atomic mass is 9.85. The van der Waals surface area contributed by atoms with Crippen molar-refractivity contribution in [2.45, 2.75) is 34.1 Å². The normalized spacial score (nSPS) is 15.0. The van der Waals surface area contributed by atoms with Gasteiger partial charge in [-0.25, -0.2) is 9.37 Å². The summed E-state index contributed by atoms with van der Waals surface area (Å²) in [4.78, 5) is 33.4. The van der Waals surface area contributed by atoms with Crippen molar-refractivity contribution in [1.82, 2.24) is 19.3 Å². The van der Waals surface area contributed by atoms with Crippen molar-refractivity contribution in [2.75, 3.05) is 43.4 Å². The second-order valence-corrected chi connectivity index (χ2v) is 13.3. The van der Waals surface area contributed by atoms with E-state index >= 15 is 0 Å². The van der Waals surface area contributed by atoms with Crippen molar-refractivity contribution in [1.29, 1.82) is 0 Å². The molecule has 4 aromatic rings. The van der Waals surface area contributed by atoms with Crippen molar-refractivity contribution < 1.29 is 14.1 Å². The molecular formula is C36H42FN7O4. The summed E-state index contributed by atoms with van der Waals surface area (Å²) in [5, 5.41) is 30.3. The van der Waals surface area contributed by atoms with Crippen LogP contribution in [-0.4, -0.2) is 62.3 Å². The largest absolute Gasteiger partial charge is 0.633 e. The maximum atomic E-state index is 14.4. The molecule has 2 N–H and O–H groups in total. The highest BCUT2D eigenvalue weighted by atomic mass is 19.1. The number of benzene rings is 1. The molecule has 1 aliphatic rings. The van der Waals surface area contributed by atoms with Gasteiger partial charge in [0.1, 0.15) is 18.2 Å². The van der Waals surface area contributed by atoms with Crippen LogP contribution in [0.25, 0.3) is 22.9 Å².